The van der Waals surface area contributed by atoms with E-state index in [4.69, 9.17) is 5.73 Å². The van der Waals surface area contributed by atoms with Crippen LogP contribution in [0.2, 0.25) is 0 Å². The molecule has 3 heterocycles. The highest BCUT2D eigenvalue weighted by molar-refractivity contribution is 5.63. The smallest absolute Gasteiger partial charge is 0.152 e. The molecule has 2 aromatic rings. The first-order chi connectivity index (χ1) is 10.7. The Kier molecular flexibility index (Phi) is 2.76. The molecule has 0 bridgehead atoms. The molecule has 0 spiro atoms. The third-order valence-corrected chi connectivity index (χ3v) is 4.26. The van der Waals surface area contributed by atoms with Crippen molar-refractivity contribution in [3.63, 3.8) is 0 Å². The van der Waals surface area contributed by atoms with Crippen molar-refractivity contribution in [3.8, 4) is 6.07 Å². The van der Waals surface area contributed by atoms with Crippen LogP contribution < -0.4 is 10.6 Å². The second-order valence-corrected chi connectivity index (χ2v) is 5.92. The molecule has 0 radical (unpaired) electrons. The standard InChI is InChI=1S/C14H16N8/c1-8-5-21(14-10(4-15)12(16)17-7-18-14)6-11-19-20-13(22(8)11)9-2-3-9/h7-9H,2-3,5-6H2,1H3,(H2,16,17,18)/t8-/m0/s1. The van der Waals surface area contributed by atoms with E-state index in [0.29, 0.717) is 23.8 Å². The number of nitriles is 1. The highest BCUT2D eigenvalue weighted by atomic mass is 15.4. The minimum absolute atomic E-state index is 0.214. The molecule has 8 heteroatoms. The lowest BCUT2D eigenvalue weighted by Crippen LogP contribution is -2.38. The molecule has 1 aliphatic heterocycles. The predicted octanol–water partition coefficient (Wildman–Crippen LogP) is 0.981. The SMILES string of the molecule is C[C@H]1CN(c2ncnc(N)c2C#N)Cc2nnc(C3CC3)n21. The molecule has 1 aliphatic carbocycles. The van der Waals surface area contributed by atoms with Crippen LogP contribution in [0.4, 0.5) is 11.6 Å². The van der Waals surface area contributed by atoms with Gasteiger partial charge in [0.1, 0.15) is 29.6 Å². The van der Waals surface area contributed by atoms with Crippen molar-refractivity contribution in [1.29, 1.82) is 5.26 Å². The van der Waals surface area contributed by atoms with E-state index in [2.05, 4.69) is 37.7 Å². The quantitative estimate of drug-likeness (QED) is 0.879. The molecule has 0 amide bonds. The van der Waals surface area contributed by atoms with Crippen LogP contribution in [0.25, 0.3) is 0 Å². The number of nitrogen functional groups attached to an aromatic ring is 1. The minimum atomic E-state index is 0.214. The number of rotatable bonds is 2. The fourth-order valence-corrected chi connectivity index (χ4v) is 3.08. The fourth-order valence-electron chi connectivity index (χ4n) is 3.08. The van der Waals surface area contributed by atoms with Gasteiger partial charge in [0, 0.05) is 12.5 Å². The fraction of sp³-hybridized carbons (Fsp3) is 0.500. The average molecular weight is 296 g/mol. The van der Waals surface area contributed by atoms with Crippen LogP contribution in [0.3, 0.4) is 0 Å². The normalized spacial score (nSPS) is 20.5. The van der Waals surface area contributed by atoms with E-state index in [-0.39, 0.29) is 11.9 Å². The molecule has 1 atom stereocenters. The number of hydrogen-bond acceptors (Lipinski definition) is 7. The maximum absolute atomic E-state index is 9.31. The lowest BCUT2D eigenvalue weighted by atomic mass is 10.2. The Balaban J connectivity index is 1.72. The number of anilines is 2. The minimum Gasteiger partial charge on any atom is -0.382 e. The van der Waals surface area contributed by atoms with Gasteiger partial charge in [0.05, 0.1) is 12.6 Å². The van der Waals surface area contributed by atoms with E-state index in [0.717, 1.165) is 18.2 Å². The molecule has 0 aromatic carbocycles. The van der Waals surface area contributed by atoms with Gasteiger partial charge < -0.3 is 15.2 Å². The molecule has 1 saturated carbocycles. The first kappa shape index (κ1) is 13.0. The van der Waals surface area contributed by atoms with E-state index >= 15 is 0 Å². The monoisotopic (exact) mass is 296 g/mol. The van der Waals surface area contributed by atoms with Crippen LogP contribution in [0.15, 0.2) is 6.33 Å². The highest BCUT2D eigenvalue weighted by Crippen LogP contribution is 2.41. The van der Waals surface area contributed by atoms with Crippen molar-refractivity contribution < 1.29 is 0 Å². The summed E-state index contributed by atoms with van der Waals surface area (Å²) in [6.07, 6.45) is 3.80. The van der Waals surface area contributed by atoms with Crippen LogP contribution in [-0.4, -0.2) is 31.3 Å². The summed E-state index contributed by atoms with van der Waals surface area (Å²) < 4.78 is 2.24. The molecular formula is C14H16N8. The van der Waals surface area contributed by atoms with Crippen LogP contribution in [0, 0.1) is 11.3 Å². The van der Waals surface area contributed by atoms with Gasteiger partial charge in [-0.3, -0.25) is 0 Å². The summed E-state index contributed by atoms with van der Waals surface area (Å²) in [6.45, 7) is 3.46. The van der Waals surface area contributed by atoms with Crippen LogP contribution in [-0.2, 0) is 6.54 Å². The topological polar surface area (TPSA) is 110 Å². The largest absolute Gasteiger partial charge is 0.382 e. The van der Waals surface area contributed by atoms with Gasteiger partial charge in [-0.2, -0.15) is 5.26 Å². The summed E-state index contributed by atoms with van der Waals surface area (Å²) in [4.78, 5) is 10.2. The van der Waals surface area contributed by atoms with Crippen LogP contribution in [0.1, 0.15) is 48.9 Å². The average Bonchev–Trinajstić information content (AvgIpc) is 3.26. The summed E-state index contributed by atoms with van der Waals surface area (Å²) in [5.41, 5.74) is 6.11. The predicted molar refractivity (Wildman–Crippen MR) is 78.9 cm³/mol. The van der Waals surface area contributed by atoms with Gasteiger partial charge in [-0.25, -0.2) is 9.97 Å². The Morgan fingerprint density at radius 2 is 2.14 bits per heavy atom. The summed E-state index contributed by atoms with van der Waals surface area (Å²) in [5, 5.41) is 18.0. The molecule has 0 saturated heterocycles. The van der Waals surface area contributed by atoms with E-state index in [1.807, 2.05) is 4.90 Å². The lowest BCUT2D eigenvalue weighted by Gasteiger charge is -2.33. The number of nitrogens with zero attached hydrogens (tertiary/aromatic N) is 7. The summed E-state index contributed by atoms with van der Waals surface area (Å²) in [5.74, 6) is 3.38. The summed E-state index contributed by atoms with van der Waals surface area (Å²) >= 11 is 0. The van der Waals surface area contributed by atoms with Gasteiger partial charge >= 0.3 is 0 Å². The van der Waals surface area contributed by atoms with Gasteiger partial charge in [0.25, 0.3) is 0 Å². The third-order valence-electron chi connectivity index (χ3n) is 4.26. The number of fused-ring (bicyclic) bond motifs is 1. The third kappa shape index (κ3) is 1.89. The Morgan fingerprint density at radius 3 is 2.86 bits per heavy atom. The number of nitrogens with two attached hydrogens (primary N) is 1. The zero-order valence-corrected chi connectivity index (χ0v) is 12.3. The molecule has 22 heavy (non-hydrogen) atoms. The number of hydrogen-bond donors (Lipinski definition) is 1. The second kappa shape index (κ2) is 4.66. The van der Waals surface area contributed by atoms with Gasteiger partial charge in [0.2, 0.25) is 0 Å². The van der Waals surface area contributed by atoms with Crippen molar-refractivity contribution >= 4 is 11.6 Å². The molecule has 2 aromatic heterocycles. The Hall–Kier alpha value is -2.69. The van der Waals surface area contributed by atoms with Crippen molar-refractivity contribution in [3.05, 3.63) is 23.5 Å². The van der Waals surface area contributed by atoms with Crippen LogP contribution in [0.5, 0.6) is 0 Å². The Bertz CT molecular complexity index is 770. The Morgan fingerprint density at radius 1 is 1.32 bits per heavy atom. The summed E-state index contributed by atoms with van der Waals surface area (Å²) in [7, 11) is 0. The maximum Gasteiger partial charge on any atom is 0.152 e. The van der Waals surface area contributed by atoms with Gasteiger partial charge in [-0.15, -0.1) is 10.2 Å². The molecule has 4 rings (SSSR count). The molecular weight excluding hydrogens is 280 g/mol. The lowest BCUT2D eigenvalue weighted by molar-refractivity contribution is 0.447. The highest BCUT2D eigenvalue weighted by Gasteiger charge is 2.35. The Labute approximate surface area is 127 Å². The van der Waals surface area contributed by atoms with E-state index in [1.54, 1.807) is 0 Å². The first-order valence-corrected chi connectivity index (χ1v) is 7.38. The van der Waals surface area contributed by atoms with Crippen molar-refractivity contribution in [1.82, 2.24) is 24.7 Å². The molecule has 0 unspecified atom stereocenters. The molecule has 2 N–H and O–H groups in total. The van der Waals surface area contributed by atoms with Crippen molar-refractivity contribution in [2.75, 3.05) is 17.2 Å². The van der Waals surface area contributed by atoms with Gasteiger partial charge in [-0.1, -0.05) is 0 Å². The van der Waals surface area contributed by atoms with E-state index < -0.39 is 0 Å². The molecule has 112 valence electrons. The molecule has 8 nitrogen and oxygen atoms in total. The van der Waals surface area contributed by atoms with E-state index in [1.165, 1.54) is 19.2 Å². The van der Waals surface area contributed by atoms with E-state index in [9.17, 15) is 5.26 Å². The maximum atomic E-state index is 9.31. The summed E-state index contributed by atoms with van der Waals surface area (Å²) in [6, 6.07) is 2.33. The second-order valence-electron chi connectivity index (χ2n) is 5.92. The van der Waals surface area contributed by atoms with Crippen molar-refractivity contribution in [2.45, 2.75) is 38.3 Å². The van der Waals surface area contributed by atoms with Gasteiger partial charge in [0.15, 0.2) is 11.6 Å². The van der Waals surface area contributed by atoms with Crippen LogP contribution >= 0.6 is 0 Å². The zero-order chi connectivity index (χ0) is 15.3. The first-order valence-electron chi connectivity index (χ1n) is 7.38. The zero-order valence-electron chi connectivity index (χ0n) is 12.3. The van der Waals surface area contributed by atoms with Gasteiger partial charge in [-0.05, 0) is 19.8 Å². The molecule has 1 fully saturated rings. The number of aromatic nitrogens is 5. The van der Waals surface area contributed by atoms with Crippen molar-refractivity contribution in [2.24, 2.45) is 0 Å². The molecule has 2 aliphatic rings.